The molecular weight excluding hydrogens is 299 g/mol. The summed E-state index contributed by atoms with van der Waals surface area (Å²) in [6, 6.07) is 4.67. The number of hydrogen-bond donors (Lipinski definition) is 1. The van der Waals surface area contributed by atoms with Crippen molar-refractivity contribution in [3.05, 3.63) is 29.6 Å². The summed E-state index contributed by atoms with van der Waals surface area (Å²) in [4.78, 5) is 14.2. The van der Waals surface area contributed by atoms with Crippen LogP contribution >= 0.6 is 0 Å². The highest BCUT2D eigenvalue weighted by atomic mass is 19.1. The maximum atomic E-state index is 13.8. The van der Waals surface area contributed by atoms with Crippen LogP contribution in [0.4, 0.5) is 14.9 Å². The molecule has 1 saturated carbocycles. The van der Waals surface area contributed by atoms with Crippen molar-refractivity contribution in [1.82, 2.24) is 4.90 Å². The first-order valence-corrected chi connectivity index (χ1v) is 8.29. The molecule has 2 saturated heterocycles. The number of anilines is 1. The van der Waals surface area contributed by atoms with E-state index in [4.69, 9.17) is 9.47 Å². The SMILES string of the molecule is O=C(Nc1ccc(F)c(C2CC2)c1)N1CCC2(CC1)OCCO2. The lowest BCUT2D eigenvalue weighted by Gasteiger charge is -2.37. The lowest BCUT2D eigenvalue weighted by atomic mass is 10.0. The quantitative estimate of drug-likeness (QED) is 0.911. The standard InChI is InChI=1S/C17H21FN2O3/c18-15-4-3-13(11-14(15)12-1-2-12)19-16(21)20-7-5-17(6-8-20)22-9-10-23-17/h3-4,11-12H,1-2,5-10H2,(H,19,21). The summed E-state index contributed by atoms with van der Waals surface area (Å²) in [5, 5.41) is 2.88. The number of hydrogen-bond acceptors (Lipinski definition) is 3. The number of nitrogens with zero attached hydrogens (tertiary/aromatic N) is 1. The fourth-order valence-electron chi connectivity index (χ4n) is 3.37. The highest BCUT2D eigenvalue weighted by Gasteiger charge is 2.40. The van der Waals surface area contributed by atoms with Crippen LogP contribution in [0.5, 0.6) is 0 Å². The predicted octanol–water partition coefficient (Wildman–Crippen LogP) is 3.07. The minimum absolute atomic E-state index is 0.147. The van der Waals surface area contributed by atoms with Gasteiger partial charge in [0.05, 0.1) is 13.2 Å². The molecule has 1 aliphatic carbocycles. The fourth-order valence-corrected chi connectivity index (χ4v) is 3.37. The number of halogens is 1. The van der Waals surface area contributed by atoms with Gasteiger partial charge in [-0.25, -0.2) is 9.18 Å². The normalized spacial score (nSPS) is 23.3. The van der Waals surface area contributed by atoms with Gasteiger partial charge in [0.2, 0.25) is 0 Å². The molecular formula is C17H21FN2O3. The second-order valence-electron chi connectivity index (χ2n) is 6.54. The Balaban J connectivity index is 1.37. The van der Waals surface area contributed by atoms with Crippen LogP contribution in [-0.2, 0) is 9.47 Å². The van der Waals surface area contributed by atoms with E-state index in [-0.39, 0.29) is 11.8 Å². The molecule has 2 heterocycles. The lowest BCUT2D eigenvalue weighted by molar-refractivity contribution is -0.181. The maximum Gasteiger partial charge on any atom is 0.321 e. The largest absolute Gasteiger partial charge is 0.347 e. The molecule has 2 amide bonds. The zero-order valence-electron chi connectivity index (χ0n) is 13.0. The van der Waals surface area contributed by atoms with Crippen LogP contribution < -0.4 is 5.32 Å². The smallest absolute Gasteiger partial charge is 0.321 e. The number of carbonyl (C=O) groups excluding carboxylic acids is 1. The summed E-state index contributed by atoms with van der Waals surface area (Å²) < 4.78 is 25.1. The van der Waals surface area contributed by atoms with Crippen LogP contribution in [0, 0.1) is 5.82 Å². The number of carbonyl (C=O) groups is 1. The van der Waals surface area contributed by atoms with E-state index in [9.17, 15) is 9.18 Å². The van der Waals surface area contributed by atoms with E-state index in [1.165, 1.54) is 6.07 Å². The molecule has 0 unspecified atom stereocenters. The third kappa shape index (κ3) is 3.05. The third-order valence-corrected chi connectivity index (χ3v) is 4.89. The van der Waals surface area contributed by atoms with E-state index < -0.39 is 5.79 Å². The van der Waals surface area contributed by atoms with Crippen LogP contribution in [0.25, 0.3) is 0 Å². The van der Waals surface area contributed by atoms with Crippen molar-refractivity contribution in [2.75, 3.05) is 31.6 Å². The Morgan fingerprint density at radius 1 is 1.22 bits per heavy atom. The minimum Gasteiger partial charge on any atom is -0.347 e. The van der Waals surface area contributed by atoms with E-state index in [1.807, 2.05) is 0 Å². The Labute approximate surface area is 134 Å². The van der Waals surface area contributed by atoms with E-state index in [2.05, 4.69) is 5.32 Å². The Hall–Kier alpha value is -1.66. The summed E-state index contributed by atoms with van der Waals surface area (Å²) in [5.74, 6) is -0.342. The van der Waals surface area contributed by atoms with Gasteiger partial charge in [-0.3, -0.25) is 0 Å². The highest BCUT2D eigenvalue weighted by molar-refractivity contribution is 5.89. The third-order valence-electron chi connectivity index (χ3n) is 4.89. The lowest BCUT2D eigenvalue weighted by Crippen LogP contribution is -2.48. The molecule has 1 spiro atoms. The summed E-state index contributed by atoms with van der Waals surface area (Å²) >= 11 is 0. The molecule has 6 heteroatoms. The predicted molar refractivity (Wildman–Crippen MR) is 82.8 cm³/mol. The molecule has 1 aromatic rings. The topological polar surface area (TPSA) is 50.8 Å². The zero-order valence-corrected chi connectivity index (χ0v) is 13.0. The molecule has 1 aromatic carbocycles. The van der Waals surface area contributed by atoms with Crippen molar-refractivity contribution >= 4 is 11.7 Å². The number of nitrogens with one attached hydrogen (secondary N) is 1. The molecule has 23 heavy (non-hydrogen) atoms. The number of amides is 2. The van der Waals surface area contributed by atoms with Crippen LogP contribution in [0.3, 0.4) is 0 Å². The van der Waals surface area contributed by atoms with Crippen molar-refractivity contribution in [3.8, 4) is 0 Å². The molecule has 0 radical (unpaired) electrons. The number of piperidine rings is 1. The minimum atomic E-state index is -0.480. The molecule has 2 aliphatic heterocycles. The first kappa shape index (κ1) is 14.9. The Kier molecular flexibility index (Phi) is 3.73. The number of rotatable bonds is 2. The zero-order chi connectivity index (χ0) is 15.9. The molecule has 124 valence electrons. The van der Waals surface area contributed by atoms with Gasteiger partial charge < -0.3 is 19.7 Å². The monoisotopic (exact) mass is 320 g/mol. The summed E-state index contributed by atoms with van der Waals surface area (Å²) in [5.41, 5.74) is 1.38. The summed E-state index contributed by atoms with van der Waals surface area (Å²) in [7, 11) is 0. The first-order chi connectivity index (χ1) is 11.2. The Morgan fingerprint density at radius 3 is 2.57 bits per heavy atom. The molecule has 0 aromatic heterocycles. The van der Waals surface area contributed by atoms with E-state index in [0.717, 1.165) is 12.8 Å². The van der Waals surface area contributed by atoms with Gasteiger partial charge in [-0.2, -0.15) is 0 Å². The van der Waals surface area contributed by atoms with E-state index in [1.54, 1.807) is 17.0 Å². The van der Waals surface area contributed by atoms with E-state index >= 15 is 0 Å². The molecule has 1 N–H and O–H groups in total. The fraction of sp³-hybridized carbons (Fsp3) is 0.588. The summed E-state index contributed by atoms with van der Waals surface area (Å²) in [6.45, 7) is 2.46. The van der Waals surface area contributed by atoms with Gasteiger partial charge in [0.1, 0.15) is 5.82 Å². The molecule has 0 bridgehead atoms. The van der Waals surface area contributed by atoms with Gasteiger partial charge in [-0.1, -0.05) is 0 Å². The molecule has 3 aliphatic rings. The molecule has 3 fully saturated rings. The number of urea groups is 1. The van der Waals surface area contributed by atoms with Crippen molar-refractivity contribution in [2.24, 2.45) is 0 Å². The van der Waals surface area contributed by atoms with Crippen molar-refractivity contribution in [3.63, 3.8) is 0 Å². The number of likely N-dealkylation sites (tertiary alicyclic amines) is 1. The van der Waals surface area contributed by atoms with Gasteiger partial charge in [-0.15, -0.1) is 0 Å². The first-order valence-electron chi connectivity index (χ1n) is 8.29. The second kappa shape index (κ2) is 5.76. The van der Waals surface area contributed by atoms with Crippen LogP contribution in [0.2, 0.25) is 0 Å². The van der Waals surface area contributed by atoms with Gasteiger partial charge >= 0.3 is 6.03 Å². The van der Waals surface area contributed by atoms with Gasteiger partial charge in [0.15, 0.2) is 5.79 Å². The van der Waals surface area contributed by atoms with Crippen molar-refractivity contribution in [1.29, 1.82) is 0 Å². The average molecular weight is 320 g/mol. The molecule has 4 rings (SSSR count). The Morgan fingerprint density at radius 2 is 1.91 bits per heavy atom. The van der Waals surface area contributed by atoms with Crippen LogP contribution in [0.1, 0.15) is 37.2 Å². The van der Waals surface area contributed by atoms with Gasteiger partial charge in [-0.05, 0) is 42.5 Å². The van der Waals surface area contributed by atoms with Crippen LogP contribution in [-0.4, -0.2) is 43.0 Å². The molecule has 5 nitrogen and oxygen atoms in total. The van der Waals surface area contributed by atoms with Crippen molar-refractivity contribution in [2.45, 2.75) is 37.4 Å². The Bertz CT molecular complexity index is 602. The number of ether oxygens (including phenoxy) is 2. The van der Waals surface area contributed by atoms with Gasteiger partial charge in [0.25, 0.3) is 0 Å². The maximum absolute atomic E-state index is 13.8. The second-order valence-corrected chi connectivity index (χ2v) is 6.54. The average Bonchev–Trinajstić information content (AvgIpc) is 3.31. The van der Waals surface area contributed by atoms with Crippen molar-refractivity contribution < 1.29 is 18.7 Å². The summed E-state index contributed by atoms with van der Waals surface area (Å²) in [6.07, 6.45) is 3.44. The number of benzene rings is 1. The van der Waals surface area contributed by atoms with Crippen LogP contribution in [0.15, 0.2) is 18.2 Å². The van der Waals surface area contributed by atoms with E-state index in [0.29, 0.717) is 56.3 Å². The molecule has 0 atom stereocenters. The highest BCUT2D eigenvalue weighted by Crippen LogP contribution is 2.42. The van der Waals surface area contributed by atoms with Gasteiger partial charge in [0, 0.05) is 31.6 Å².